The van der Waals surface area contributed by atoms with Crippen molar-refractivity contribution < 1.29 is 27.5 Å². The van der Waals surface area contributed by atoms with E-state index in [4.69, 9.17) is 16.3 Å². The quantitative estimate of drug-likeness (QED) is 0.308. The summed E-state index contributed by atoms with van der Waals surface area (Å²) < 4.78 is 50.2. The van der Waals surface area contributed by atoms with Gasteiger partial charge in [-0.15, -0.1) is 0 Å². The molecule has 0 aliphatic carbocycles. The van der Waals surface area contributed by atoms with Crippen molar-refractivity contribution in [3.05, 3.63) is 87.1 Å². The number of amides is 1. The fraction of sp³-hybridized carbons (Fsp3) is 0.125. The number of para-hydroxylation sites is 1. The zero-order valence-electron chi connectivity index (χ0n) is 18.4. The van der Waals surface area contributed by atoms with Crippen molar-refractivity contribution in [2.45, 2.75) is 13.3 Å². The number of aromatic nitrogens is 2. The highest BCUT2D eigenvalue weighted by Gasteiger charge is 2.24. The maximum atomic E-state index is 14.8. The number of benzene rings is 3. The van der Waals surface area contributed by atoms with Crippen LogP contribution in [0.25, 0.3) is 16.7 Å². The van der Waals surface area contributed by atoms with Crippen LogP contribution in [0.1, 0.15) is 23.7 Å². The molecule has 0 radical (unpaired) electrons. The summed E-state index contributed by atoms with van der Waals surface area (Å²) in [4.78, 5) is 38.1. The number of esters is 1. The van der Waals surface area contributed by atoms with Gasteiger partial charge in [-0.3, -0.25) is 18.7 Å². The Hall–Kier alpha value is -4.05. The van der Waals surface area contributed by atoms with Crippen LogP contribution in [0.5, 0.6) is 5.75 Å². The van der Waals surface area contributed by atoms with E-state index in [9.17, 15) is 27.6 Å². The Kier molecular flexibility index (Phi) is 6.40. The van der Waals surface area contributed by atoms with Crippen LogP contribution >= 0.6 is 11.6 Å². The first kappa shape index (κ1) is 24.1. The predicted octanol–water partition coefficient (Wildman–Crippen LogP) is 4.97. The predicted molar refractivity (Wildman–Crippen MR) is 124 cm³/mol. The monoisotopic (exact) mass is 503 g/mol. The van der Waals surface area contributed by atoms with Crippen molar-refractivity contribution in [3.63, 3.8) is 0 Å². The van der Waals surface area contributed by atoms with E-state index >= 15 is 0 Å². The normalized spacial score (nSPS) is 11.0. The van der Waals surface area contributed by atoms with Gasteiger partial charge >= 0.3 is 11.7 Å². The molecule has 4 aromatic rings. The number of halogens is 4. The lowest BCUT2D eigenvalue weighted by molar-refractivity contribution is -0.133. The molecule has 0 fully saturated rings. The van der Waals surface area contributed by atoms with Crippen LogP contribution in [0.15, 0.2) is 53.3 Å². The fourth-order valence-corrected chi connectivity index (χ4v) is 3.84. The summed E-state index contributed by atoms with van der Waals surface area (Å²) in [7, 11) is 1.32. The zero-order chi connectivity index (χ0) is 25.4. The summed E-state index contributed by atoms with van der Waals surface area (Å²) >= 11 is 5.98. The number of imidazole rings is 1. The molecule has 0 saturated heterocycles. The van der Waals surface area contributed by atoms with Gasteiger partial charge in [-0.25, -0.2) is 18.0 Å². The second kappa shape index (κ2) is 9.30. The molecule has 7 nitrogen and oxygen atoms in total. The molecule has 0 saturated carbocycles. The minimum atomic E-state index is -1.03. The van der Waals surface area contributed by atoms with E-state index in [0.717, 1.165) is 21.3 Å². The summed E-state index contributed by atoms with van der Waals surface area (Å²) in [6, 6.07) is 9.41. The minimum absolute atomic E-state index is 0.0483. The highest BCUT2D eigenvalue weighted by molar-refractivity contribution is 6.34. The lowest BCUT2D eigenvalue weighted by Crippen LogP contribution is -2.23. The molecule has 0 aliphatic rings. The Morgan fingerprint density at radius 1 is 1.06 bits per heavy atom. The number of nitrogens with zero attached hydrogens (tertiary/aromatic N) is 2. The molecule has 180 valence electrons. The SMILES string of the molecule is CCC(=O)Oc1c(NC(=O)c2c(F)cccc2Cl)cccc1-n1c(=O)n(C)c2cc(F)cc(F)c21. The third-order valence-corrected chi connectivity index (χ3v) is 5.56. The highest BCUT2D eigenvalue weighted by Crippen LogP contribution is 2.35. The zero-order valence-corrected chi connectivity index (χ0v) is 19.1. The van der Waals surface area contributed by atoms with E-state index < -0.39 is 40.6 Å². The van der Waals surface area contributed by atoms with E-state index in [0.29, 0.717) is 6.07 Å². The molecule has 1 aromatic heterocycles. The standard InChI is InChI=1S/C24H17ClF3N3O4/c1-3-19(32)35-22-16(29-23(33)20-13(25)6-4-7-14(20)27)8-5-9-17(22)31-21-15(28)10-12(26)11-18(21)30(2)24(31)34/h4-11H,3H2,1-2H3,(H,29,33). The third kappa shape index (κ3) is 4.28. The van der Waals surface area contributed by atoms with Crippen molar-refractivity contribution >= 4 is 40.2 Å². The number of fused-ring (bicyclic) bond motifs is 1. The first-order chi connectivity index (χ1) is 16.6. The van der Waals surface area contributed by atoms with Crippen LogP contribution in [0.2, 0.25) is 5.02 Å². The summed E-state index contributed by atoms with van der Waals surface area (Å²) in [5.41, 5.74) is -1.75. The Bertz CT molecular complexity index is 1540. The lowest BCUT2D eigenvalue weighted by Gasteiger charge is -2.16. The topological polar surface area (TPSA) is 82.3 Å². The molecule has 1 N–H and O–H groups in total. The molecule has 1 amide bonds. The van der Waals surface area contributed by atoms with Crippen molar-refractivity contribution in [1.82, 2.24) is 9.13 Å². The molecule has 0 atom stereocenters. The van der Waals surface area contributed by atoms with Gasteiger partial charge in [-0.2, -0.15) is 0 Å². The van der Waals surface area contributed by atoms with Gasteiger partial charge < -0.3 is 10.1 Å². The largest absolute Gasteiger partial charge is 0.422 e. The van der Waals surface area contributed by atoms with E-state index in [1.807, 2.05) is 0 Å². The maximum absolute atomic E-state index is 14.8. The van der Waals surface area contributed by atoms with Crippen LogP contribution in [-0.4, -0.2) is 21.0 Å². The summed E-state index contributed by atoms with van der Waals surface area (Å²) in [5.74, 6) is -4.76. The molecule has 0 unspecified atom stereocenters. The van der Waals surface area contributed by atoms with Crippen LogP contribution < -0.4 is 15.7 Å². The molecule has 3 aromatic carbocycles. The van der Waals surface area contributed by atoms with Crippen LogP contribution in [-0.2, 0) is 11.8 Å². The average molecular weight is 504 g/mol. The number of anilines is 1. The second-order valence-corrected chi connectivity index (χ2v) is 7.87. The van der Waals surface area contributed by atoms with E-state index in [1.54, 1.807) is 0 Å². The number of carbonyl (C=O) groups excluding carboxylic acids is 2. The van der Waals surface area contributed by atoms with Crippen LogP contribution in [0.3, 0.4) is 0 Å². The first-order valence-electron chi connectivity index (χ1n) is 10.3. The Morgan fingerprint density at radius 3 is 2.46 bits per heavy atom. The molecule has 0 aliphatic heterocycles. The Labute approximate surface area is 201 Å². The van der Waals surface area contributed by atoms with E-state index in [-0.39, 0.29) is 39.6 Å². The van der Waals surface area contributed by atoms with Crippen molar-refractivity contribution in [3.8, 4) is 11.4 Å². The van der Waals surface area contributed by atoms with Gasteiger partial charge in [0.15, 0.2) is 11.6 Å². The number of aryl methyl sites for hydroxylation is 1. The van der Waals surface area contributed by atoms with Gasteiger partial charge in [0.25, 0.3) is 5.91 Å². The van der Waals surface area contributed by atoms with Crippen molar-refractivity contribution in [2.75, 3.05) is 5.32 Å². The maximum Gasteiger partial charge on any atom is 0.333 e. The number of nitrogens with one attached hydrogen (secondary N) is 1. The third-order valence-electron chi connectivity index (χ3n) is 5.25. The summed E-state index contributed by atoms with van der Waals surface area (Å²) in [6.07, 6.45) is -0.0646. The van der Waals surface area contributed by atoms with Gasteiger partial charge in [0, 0.05) is 25.6 Å². The van der Waals surface area contributed by atoms with Gasteiger partial charge in [0.2, 0.25) is 0 Å². The molecular formula is C24H17ClF3N3O4. The highest BCUT2D eigenvalue weighted by atomic mass is 35.5. The van der Waals surface area contributed by atoms with Crippen molar-refractivity contribution in [2.24, 2.45) is 7.05 Å². The molecule has 11 heteroatoms. The molecule has 0 spiro atoms. The second-order valence-electron chi connectivity index (χ2n) is 7.46. The fourth-order valence-electron chi connectivity index (χ4n) is 3.59. The molecule has 0 bridgehead atoms. The number of rotatable bonds is 5. The molecule has 4 rings (SSSR count). The number of hydrogen-bond acceptors (Lipinski definition) is 4. The number of ether oxygens (including phenoxy) is 1. The lowest BCUT2D eigenvalue weighted by atomic mass is 10.1. The molecule has 1 heterocycles. The molecule has 35 heavy (non-hydrogen) atoms. The van der Waals surface area contributed by atoms with Gasteiger partial charge in [-0.1, -0.05) is 30.7 Å². The average Bonchev–Trinajstić information content (AvgIpc) is 3.05. The first-order valence-corrected chi connectivity index (χ1v) is 10.7. The Morgan fingerprint density at radius 2 is 1.77 bits per heavy atom. The minimum Gasteiger partial charge on any atom is -0.422 e. The van der Waals surface area contributed by atoms with Gasteiger partial charge in [-0.05, 0) is 24.3 Å². The van der Waals surface area contributed by atoms with E-state index in [2.05, 4.69) is 5.32 Å². The van der Waals surface area contributed by atoms with Crippen LogP contribution in [0.4, 0.5) is 18.9 Å². The molecular weight excluding hydrogens is 487 g/mol. The van der Waals surface area contributed by atoms with Gasteiger partial charge in [0.05, 0.1) is 27.5 Å². The smallest absolute Gasteiger partial charge is 0.333 e. The summed E-state index contributed by atoms with van der Waals surface area (Å²) in [6.45, 7) is 1.52. The van der Waals surface area contributed by atoms with Crippen molar-refractivity contribution in [1.29, 1.82) is 0 Å². The van der Waals surface area contributed by atoms with Crippen LogP contribution in [0, 0.1) is 17.5 Å². The Balaban J connectivity index is 1.95. The number of hydrogen-bond donors (Lipinski definition) is 1. The van der Waals surface area contributed by atoms with Gasteiger partial charge in [0.1, 0.15) is 17.2 Å². The summed E-state index contributed by atoms with van der Waals surface area (Å²) in [5, 5.41) is 2.28. The number of carbonyl (C=O) groups is 2. The van der Waals surface area contributed by atoms with E-state index in [1.165, 1.54) is 44.3 Å².